The number of thiazole rings is 1. The molecule has 2 rings (SSSR count). The Morgan fingerprint density at radius 3 is 2.72 bits per heavy atom. The molecule has 18 heavy (non-hydrogen) atoms. The predicted molar refractivity (Wildman–Crippen MR) is 71.6 cm³/mol. The first-order valence-corrected chi connectivity index (χ1v) is 6.44. The lowest BCUT2D eigenvalue weighted by Gasteiger charge is -2.02. The molecule has 0 aliphatic carbocycles. The highest BCUT2D eigenvalue weighted by Crippen LogP contribution is 2.22. The average Bonchev–Trinajstić information content (AvgIpc) is 2.78. The number of benzene rings is 1. The van der Waals surface area contributed by atoms with Gasteiger partial charge in [0.2, 0.25) is 0 Å². The fraction of sp³-hybridized carbons (Fsp3) is 0.231. The molecule has 1 unspecified atom stereocenters. The Bertz CT molecular complexity index is 548. The van der Waals surface area contributed by atoms with Crippen LogP contribution >= 0.6 is 11.3 Å². The second-order valence-electron chi connectivity index (χ2n) is 4.14. The van der Waals surface area contributed by atoms with Gasteiger partial charge in [-0.2, -0.15) is 0 Å². The largest absolute Gasteiger partial charge is 0.480 e. The maximum Gasteiger partial charge on any atom is 0.320 e. The van der Waals surface area contributed by atoms with Crippen LogP contribution in [-0.2, 0) is 11.2 Å². The second-order valence-corrected chi connectivity index (χ2v) is 5.08. The van der Waals surface area contributed by atoms with E-state index in [-0.39, 0.29) is 6.42 Å². The molecule has 1 atom stereocenters. The molecule has 0 spiro atoms. The van der Waals surface area contributed by atoms with Gasteiger partial charge in [-0.3, -0.25) is 4.79 Å². The van der Waals surface area contributed by atoms with Gasteiger partial charge >= 0.3 is 5.97 Å². The van der Waals surface area contributed by atoms with E-state index in [1.807, 2.05) is 36.6 Å². The molecule has 1 heterocycles. The number of carboxylic acids is 1. The summed E-state index contributed by atoms with van der Waals surface area (Å²) in [7, 11) is 0. The molecule has 5 heteroatoms. The van der Waals surface area contributed by atoms with Gasteiger partial charge in [0.1, 0.15) is 6.04 Å². The van der Waals surface area contributed by atoms with Crippen molar-refractivity contribution in [3.05, 3.63) is 40.2 Å². The molecule has 0 amide bonds. The van der Waals surface area contributed by atoms with Crippen LogP contribution in [0.25, 0.3) is 11.3 Å². The summed E-state index contributed by atoms with van der Waals surface area (Å²) in [5.74, 6) is -0.998. The number of nitrogens with two attached hydrogens (primary N) is 1. The van der Waals surface area contributed by atoms with Gasteiger partial charge in [-0.1, -0.05) is 29.8 Å². The van der Waals surface area contributed by atoms with Crippen LogP contribution in [0.2, 0.25) is 0 Å². The van der Waals surface area contributed by atoms with E-state index in [1.165, 1.54) is 16.9 Å². The monoisotopic (exact) mass is 262 g/mol. The van der Waals surface area contributed by atoms with E-state index in [2.05, 4.69) is 4.98 Å². The van der Waals surface area contributed by atoms with Gasteiger partial charge in [0.15, 0.2) is 0 Å². The summed E-state index contributed by atoms with van der Waals surface area (Å²) < 4.78 is 0. The van der Waals surface area contributed by atoms with Crippen LogP contribution in [0.4, 0.5) is 0 Å². The third-order valence-electron chi connectivity index (χ3n) is 2.61. The lowest BCUT2D eigenvalue weighted by atomic mass is 10.1. The molecule has 94 valence electrons. The second kappa shape index (κ2) is 5.29. The molecule has 1 aromatic heterocycles. The Labute approximate surface area is 109 Å². The fourth-order valence-corrected chi connectivity index (χ4v) is 2.40. The molecule has 0 aliphatic heterocycles. The number of carboxylic acid groups (broad SMARTS) is 1. The van der Waals surface area contributed by atoms with Crippen LogP contribution in [0.5, 0.6) is 0 Å². The number of hydrogen-bond acceptors (Lipinski definition) is 4. The van der Waals surface area contributed by atoms with Gasteiger partial charge in [-0.05, 0) is 6.92 Å². The van der Waals surface area contributed by atoms with E-state index in [4.69, 9.17) is 10.8 Å². The number of rotatable bonds is 4. The minimum Gasteiger partial charge on any atom is -0.480 e. The normalized spacial score (nSPS) is 12.3. The molecule has 0 saturated heterocycles. The summed E-state index contributed by atoms with van der Waals surface area (Å²) in [6, 6.07) is 7.17. The van der Waals surface area contributed by atoms with Crippen LogP contribution in [-0.4, -0.2) is 22.1 Å². The molecule has 2 aromatic rings. The molecule has 0 saturated carbocycles. The van der Waals surface area contributed by atoms with Crippen LogP contribution < -0.4 is 5.73 Å². The minimum atomic E-state index is -0.998. The van der Waals surface area contributed by atoms with Crippen molar-refractivity contribution >= 4 is 17.3 Å². The third-order valence-corrected chi connectivity index (χ3v) is 3.48. The molecule has 0 radical (unpaired) electrons. The highest BCUT2D eigenvalue weighted by atomic mass is 32.1. The fourth-order valence-electron chi connectivity index (χ4n) is 1.54. The van der Waals surface area contributed by atoms with Crippen LogP contribution in [0.1, 0.15) is 10.6 Å². The zero-order valence-corrected chi connectivity index (χ0v) is 10.8. The lowest BCUT2D eigenvalue weighted by molar-refractivity contribution is -0.138. The topological polar surface area (TPSA) is 76.2 Å². The van der Waals surface area contributed by atoms with Crippen molar-refractivity contribution in [3.63, 3.8) is 0 Å². The first kappa shape index (κ1) is 12.7. The van der Waals surface area contributed by atoms with Gasteiger partial charge in [0.25, 0.3) is 0 Å². The molecule has 4 nitrogen and oxygen atoms in total. The Balaban J connectivity index is 2.15. The van der Waals surface area contributed by atoms with E-state index in [1.54, 1.807) is 0 Å². The first-order valence-electron chi connectivity index (χ1n) is 5.56. The van der Waals surface area contributed by atoms with Crippen LogP contribution in [0.15, 0.2) is 29.6 Å². The molecule has 0 aliphatic rings. The van der Waals surface area contributed by atoms with Crippen molar-refractivity contribution in [2.45, 2.75) is 19.4 Å². The van der Waals surface area contributed by atoms with Crippen molar-refractivity contribution < 1.29 is 9.90 Å². The van der Waals surface area contributed by atoms with Gasteiger partial charge in [0, 0.05) is 17.4 Å². The van der Waals surface area contributed by atoms with E-state index in [9.17, 15) is 4.79 Å². The predicted octanol–water partition coefficient (Wildman–Crippen LogP) is 2.07. The molecule has 0 fully saturated rings. The van der Waals surface area contributed by atoms with Crippen molar-refractivity contribution in [1.82, 2.24) is 4.98 Å². The SMILES string of the molecule is Cc1ccc(-c2csc(CC(N)C(=O)O)n2)cc1. The highest BCUT2D eigenvalue weighted by molar-refractivity contribution is 7.10. The number of nitrogens with zero attached hydrogens (tertiary/aromatic N) is 1. The van der Waals surface area contributed by atoms with Crippen molar-refractivity contribution in [2.75, 3.05) is 0 Å². The number of hydrogen-bond donors (Lipinski definition) is 2. The number of aryl methyl sites for hydroxylation is 1. The van der Waals surface area contributed by atoms with Crippen molar-refractivity contribution in [2.24, 2.45) is 5.73 Å². The Kier molecular flexibility index (Phi) is 3.74. The number of aliphatic carboxylic acids is 1. The molecule has 3 N–H and O–H groups in total. The molecular formula is C13H14N2O2S. The lowest BCUT2D eigenvalue weighted by Crippen LogP contribution is -2.32. The Morgan fingerprint density at radius 2 is 2.11 bits per heavy atom. The van der Waals surface area contributed by atoms with Crippen LogP contribution in [0.3, 0.4) is 0 Å². The summed E-state index contributed by atoms with van der Waals surface area (Å²) in [6.07, 6.45) is 0.270. The maximum atomic E-state index is 10.7. The van der Waals surface area contributed by atoms with Crippen LogP contribution in [0, 0.1) is 6.92 Å². The van der Waals surface area contributed by atoms with Gasteiger partial charge in [-0.15, -0.1) is 11.3 Å². The molecule has 0 bridgehead atoms. The van der Waals surface area contributed by atoms with Gasteiger partial charge in [0.05, 0.1) is 10.7 Å². The van der Waals surface area contributed by atoms with E-state index < -0.39 is 12.0 Å². The summed E-state index contributed by atoms with van der Waals surface area (Å²) >= 11 is 1.44. The summed E-state index contributed by atoms with van der Waals surface area (Å²) in [5, 5.41) is 11.4. The van der Waals surface area contributed by atoms with Gasteiger partial charge < -0.3 is 10.8 Å². The first-order chi connectivity index (χ1) is 8.56. The Morgan fingerprint density at radius 1 is 1.44 bits per heavy atom. The summed E-state index contributed by atoms with van der Waals surface area (Å²) in [5.41, 5.74) is 8.58. The average molecular weight is 262 g/mol. The minimum absolute atomic E-state index is 0.270. The van der Waals surface area contributed by atoms with Crippen molar-refractivity contribution in [3.8, 4) is 11.3 Å². The quantitative estimate of drug-likeness (QED) is 0.884. The molecule has 1 aromatic carbocycles. The van der Waals surface area contributed by atoms with Crippen molar-refractivity contribution in [1.29, 1.82) is 0 Å². The zero-order chi connectivity index (χ0) is 13.1. The maximum absolute atomic E-state index is 10.7. The van der Waals surface area contributed by atoms with E-state index in [0.29, 0.717) is 0 Å². The van der Waals surface area contributed by atoms with E-state index >= 15 is 0 Å². The number of carbonyl (C=O) groups is 1. The standard InChI is InChI=1S/C13H14N2O2S/c1-8-2-4-9(5-3-8)11-7-18-12(15-11)6-10(14)13(16)17/h2-5,7,10H,6,14H2,1H3,(H,16,17). The summed E-state index contributed by atoms with van der Waals surface area (Å²) in [4.78, 5) is 15.1. The van der Waals surface area contributed by atoms with E-state index in [0.717, 1.165) is 16.3 Å². The smallest absolute Gasteiger partial charge is 0.320 e. The zero-order valence-electron chi connectivity index (χ0n) is 9.96. The third kappa shape index (κ3) is 2.94. The number of aromatic nitrogens is 1. The van der Waals surface area contributed by atoms with Gasteiger partial charge in [-0.25, -0.2) is 4.98 Å². The summed E-state index contributed by atoms with van der Waals surface area (Å²) in [6.45, 7) is 2.03. The molecular weight excluding hydrogens is 248 g/mol. The highest BCUT2D eigenvalue weighted by Gasteiger charge is 2.14. The Hall–Kier alpha value is -1.72.